The summed E-state index contributed by atoms with van der Waals surface area (Å²) < 4.78 is 6.92. The fourth-order valence-corrected chi connectivity index (χ4v) is 4.10. The summed E-state index contributed by atoms with van der Waals surface area (Å²) in [6, 6.07) is 3.91. The van der Waals surface area contributed by atoms with E-state index in [0.717, 1.165) is 50.6 Å². The van der Waals surface area contributed by atoms with Gasteiger partial charge in [0, 0.05) is 31.0 Å². The van der Waals surface area contributed by atoms with E-state index in [1.807, 2.05) is 34.8 Å². The minimum atomic E-state index is -0.468. The standard InChI is InChI=1S/C22H34N4O4/c1-3-30-21(28)14-23-22(29)26(17-8-5-4-6-9-17)16-20(27)25(18-11-12-18)15-19-10-7-13-24(19)2/h7,10,13,17-18H,3-6,8-9,11-12,14-16H2,1-2H3,(H,23,29). The van der Waals surface area contributed by atoms with Gasteiger partial charge < -0.3 is 24.4 Å². The van der Waals surface area contributed by atoms with Crippen LogP contribution < -0.4 is 5.32 Å². The Morgan fingerprint density at radius 2 is 1.80 bits per heavy atom. The van der Waals surface area contributed by atoms with Gasteiger partial charge in [-0.2, -0.15) is 0 Å². The molecule has 1 heterocycles. The Labute approximate surface area is 178 Å². The van der Waals surface area contributed by atoms with Crippen LogP contribution >= 0.6 is 0 Å². The molecule has 166 valence electrons. The predicted molar refractivity (Wildman–Crippen MR) is 113 cm³/mol. The minimum Gasteiger partial charge on any atom is -0.465 e. The van der Waals surface area contributed by atoms with Gasteiger partial charge in [-0.05, 0) is 44.7 Å². The third-order valence-electron chi connectivity index (χ3n) is 5.96. The van der Waals surface area contributed by atoms with Gasteiger partial charge in [0.25, 0.3) is 0 Å². The molecule has 0 radical (unpaired) electrons. The van der Waals surface area contributed by atoms with Crippen molar-refractivity contribution >= 4 is 17.9 Å². The van der Waals surface area contributed by atoms with E-state index in [-0.39, 0.29) is 43.7 Å². The Bertz CT molecular complexity index is 737. The van der Waals surface area contributed by atoms with Gasteiger partial charge in [0.2, 0.25) is 5.91 Å². The van der Waals surface area contributed by atoms with Crippen LogP contribution in [0.3, 0.4) is 0 Å². The van der Waals surface area contributed by atoms with E-state index >= 15 is 0 Å². The Balaban J connectivity index is 1.67. The summed E-state index contributed by atoms with van der Waals surface area (Å²) in [5.74, 6) is -0.500. The lowest BCUT2D eigenvalue weighted by Gasteiger charge is -2.35. The molecule has 0 bridgehead atoms. The first-order valence-electron chi connectivity index (χ1n) is 11.1. The topological polar surface area (TPSA) is 83.9 Å². The van der Waals surface area contributed by atoms with Gasteiger partial charge in [0.15, 0.2) is 0 Å². The summed E-state index contributed by atoms with van der Waals surface area (Å²) in [6.07, 6.45) is 9.03. The maximum Gasteiger partial charge on any atom is 0.325 e. The summed E-state index contributed by atoms with van der Waals surface area (Å²) in [5, 5.41) is 2.65. The molecule has 30 heavy (non-hydrogen) atoms. The number of amides is 3. The largest absolute Gasteiger partial charge is 0.465 e. The third-order valence-corrected chi connectivity index (χ3v) is 5.96. The molecular formula is C22H34N4O4. The van der Waals surface area contributed by atoms with E-state index in [2.05, 4.69) is 5.32 Å². The number of nitrogens with zero attached hydrogens (tertiary/aromatic N) is 3. The number of aromatic nitrogens is 1. The molecule has 0 spiro atoms. The molecule has 8 nitrogen and oxygen atoms in total. The molecule has 0 atom stereocenters. The molecule has 2 aliphatic rings. The zero-order valence-electron chi connectivity index (χ0n) is 18.1. The summed E-state index contributed by atoms with van der Waals surface area (Å²) in [7, 11) is 1.97. The predicted octanol–water partition coefficient (Wildman–Crippen LogP) is 2.42. The summed E-state index contributed by atoms with van der Waals surface area (Å²) in [5.41, 5.74) is 1.08. The van der Waals surface area contributed by atoms with Crippen LogP contribution in [-0.4, -0.2) is 64.1 Å². The molecule has 3 rings (SSSR count). The van der Waals surface area contributed by atoms with Crippen molar-refractivity contribution in [2.24, 2.45) is 7.05 Å². The second-order valence-corrected chi connectivity index (χ2v) is 8.25. The molecule has 2 aliphatic carbocycles. The van der Waals surface area contributed by atoms with E-state index in [1.54, 1.807) is 11.8 Å². The van der Waals surface area contributed by atoms with Crippen LogP contribution in [-0.2, 0) is 27.9 Å². The molecule has 1 aromatic heterocycles. The van der Waals surface area contributed by atoms with E-state index in [9.17, 15) is 14.4 Å². The minimum absolute atomic E-state index is 0.0287. The van der Waals surface area contributed by atoms with Crippen molar-refractivity contribution in [2.75, 3.05) is 19.7 Å². The zero-order valence-corrected chi connectivity index (χ0v) is 18.1. The van der Waals surface area contributed by atoms with Crippen molar-refractivity contribution in [1.29, 1.82) is 0 Å². The van der Waals surface area contributed by atoms with Gasteiger partial charge >= 0.3 is 12.0 Å². The van der Waals surface area contributed by atoms with Crippen LogP contribution in [0, 0.1) is 0 Å². The van der Waals surface area contributed by atoms with Gasteiger partial charge in [-0.3, -0.25) is 9.59 Å². The average Bonchev–Trinajstić information content (AvgIpc) is 3.51. The van der Waals surface area contributed by atoms with Crippen LogP contribution in [0.15, 0.2) is 18.3 Å². The Morgan fingerprint density at radius 3 is 2.40 bits per heavy atom. The monoisotopic (exact) mass is 418 g/mol. The smallest absolute Gasteiger partial charge is 0.325 e. The van der Waals surface area contributed by atoms with Crippen molar-refractivity contribution in [1.82, 2.24) is 19.7 Å². The van der Waals surface area contributed by atoms with E-state index in [4.69, 9.17) is 4.74 Å². The van der Waals surface area contributed by atoms with Gasteiger partial charge in [-0.15, -0.1) is 0 Å². The molecule has 3 amide bonds. The fraction of sp³-hybridized carbons (Fsp3) is 0.682. The van der Waals surface area contributed by atoms with Crippen LogP contribution in [0.2, 0.25) is 0 Å². The molecule has 2 fully saturated rings. The molecule has 0 aliphatic heterocycles. The van der Waals surface area contributed by atoms with Gasteiger partial charge in [0.05, 0.1) is 13.2 Å². The number of rotatable bonds is 9. The molecule has 0 saturated heterocycles. The Kier molecular flexibility index (Phi) is 7.76. The second kappa shape index (κ2) is 10.5. The molecule has 1 N–H and O–H groups in total. The lowest BCUT2D eigenvalue weighted by atomic mass is 9.94. The first-order valence-corrected chi connectivity index (χ1v) is 11.1. The first-order chi connectivity index (χ1) is 14.5. The maximum absolute atomic E-state index is 13.3. The highest BCUT2D eigenvalue weighted by Crippen LogP contribution is 2.29. The lowest BCUT2D eigenvalue weighted by Crippen LogP contribution is -2.52. The number of aryl methyl sites for hydroxylation is 1. The zero-order chi connectivity index (χ0) is 21.5. The van der Waals surface area contributed by atoms with E-state index in [1.165, 1.54) is 0 Å². The number of carbonyl (C=O) groups is 3. The number of carbonyl (C=O) groups excluding carboxylic acids is 3. The van der Waals surface area contributed by atoms with Crippen LogP contribution in [0.25, 0.3) is 0 Å². The summed E-state index contributed by atoms with van der Waals surface area (Å²) in [6.45, 7) is 2.41. The van der Waals surface area contributed by atoms with Crippen molar-refractivity contribution in [2.45, 2.75) is 70.5 Å². The highest BCUT2D eigenvalue weighted by atomic mass is 16.5. The lowest BCUT2D eigenvalue weighted by molar-refractivity contribution is -0.141. The maximum atomic E-state index is 13.3. The molecule has 2 saturated carbocycles. The van der Waals surface area contributed by atoms with Gasteiger partial charge in [-0.25, -0.2) is 4.79 Å². The van der Waals surface area contributed by atoms with Crippen molar-refractivity contribution in [3.8, 4) is 0 Å². The first kappa shape index (κ1) is 22.2. The van der Waals surface area contributed by atoms with Crippen LogP contribution in [0.4, 0.5) is 4.79 Å². The second-order valence-electron chi connectivity index (χ2n) is 8.25. The highest BCUT2D eigenvalue weighted by Gasteiger charge is 2.36. The quantitative estimate of drug-likeness (QED) is 0.624. The molecule has 0 unspecified atom stereocenters. The summed E-state index contributed by atoms with van der Waals surface area (Å²) in [4.78, 5) is 41.4. The number of urea groups is 1. The van der Waals surface area contributed by atoms with Crippen LogP contribution in [0.5, 0.6) is 0 Å². The van der Waals surface area contributed by atoms with Crippen molar-refractivity contribution in [3.05, 3.63) is 24.0 Å². The number of hydrogen-bond donors (Lipinski definition) is 1. The number of ether oxygens (including phenoxy) is 1. The van der Waals surface area contributed by atoms with Crippen molar-refractivity contribution in [3.63, 3.8) is 0 Å². The molecule has 0 aromatic carbocycles. The average molecular weight is 419 g/mol. The van der Waals surface area contributed by atoms with Gasteiger partial charge in [-0.1, -0.05) is 19.3 Å². The van der Waals surface area contributed by atoms with E-state index < -0.39 is 5.97 Å². The third kappa shape index (κ3) is 6.00. The van der Waals surface area contributed by atoms with E-state index in [0.29, 0.717) is 6.54 Å². The summed E-state index contributed by atoms with van der Waals surface area (Å²) >= 11 is 0. The number of nitrogens with one attached hydrogen (secondary N) is 1. The normalized spacial score (nSPS) is 16.7. The number of hydrogen-bond acceptors (Lipinski definition) is 4. The van der Waals surface area contributed by atoms with Crippen LogP contribution in [0.1, 0.15) is 57.6 Å². The Morgan fingerprint density at radius 1 is 1.10 bits per heavy atom. The van der Waals surface area contributed by atoms with Gasteiger partial charge in [0.1, 0.15) is 13.1 Å². The Hall–Kier alpha value is -2.51. The fourth-order valence-electron chi connectivity index (χ4n) is 4.10. The highest BCUT2D eigenvalue weighted by molar-refractivity contribution is 5.86. The molecule has 1 aromatic rings. The molecule has 8 heteroatoms. The molecular weight excluding hydrogens is 384 g/mol. The number of esters is 1. The SMILES string of the molecule is CCOC(=O)CNC(=O)N(CC(=O)N(Cc1cccn1C)C1CC1)C1CCCCC1. The van der Waals surface area contributed by atoms with Crippen molar-refractivity contribution < 1.29 is 19.1 Å².